The molecule has 6 nitrogen and oxygen atoms in total. The van der Waals surface area contributed by atoms with Gasteiger partial charge in [-0.25, -0.2) is 18.2 Å². The van der Waals surface area contributed by atoms with Gasteiger partial charge in [-0.15, -0.1) is 0 Å². The maximum absolute atomic E-state index is 12.6. The maximum Gasteiger partial charge on any atom is 0.337 e. The third kappa shape index (κ3) is 2.69. The van der Waals surface area contributed by atoms with Gasteiger partial charge >= 0.3 is 5.97 Å². The van der Waals surface area contributed by atoms with Crippen molar-refractivity contribution in [2.24, 2.45) is 0 Å². The van der Waals surface area contributed by atoms with Crippen LogP contribution in [0.3, 0.4) is 0 Å². The van der Waals surface area contributed by atoms with Crippen LogP contribution in [0.5, 0.6) is 0 Å². The van der Waals surface area contributed by atoms with E-state index in [4.69, 9.17) is 5.11 Å². The van der Waals surface area contributed by atoms with Crippen LogP contribution in [-0.4, -0.2) is 40.9 Å². The number of rotatable bonds is 3. The lowest BCUT2D eigenvalue weighted by atomic mass is 10.0. The summed E-state index contributed by atoms with van der Waals surface area (Å²) in [5.41, 5.74) is -0.0244. The van der Waals surface area contributed by atoms with Crippen LogP contribution in [0, 0.1) is 0 Å². The Morgan fingerprint density at radius 2 is 1.90 bits per heavy atom. The molecule has 0 bridgehead atoms. The standard InChI is InChI=1S/C13H18N2O4S/c1-9-4-3-5-10(2)15(9)20(18,19)12-7-6-11(8-14-12)13(16)17/h6-10H,3-5H2,1-2H3,(H,16,17)/t9-,10+. The third-order valence-corrected chi connectivity index (χ3v) is 5.68. The van der Waals surface area contributed by atoms with E-state index < -0.39 is 16.0 Å². The van der Waals surface area contributed by atoms with Crippen molar-refractivity contribution in [2.75, 3.05) is 0 Å². The molecule has 110 valence electrons. The summed E-state index contributed by atoms with van der Waals surface area (Å²) in [5.74, 6) is -1.12. The van der Waals surface area contributed by atoms with E-state index in [0.717, 1.165) is 25.5 Å². The van der Waals surface area contributed by atoms with E-state index in [0.29, 0.717) is 0 Å². The van der Waals surface area contributed by atoms with Crippen LogP contribution in [0.4, 0.5) is 0 Å². The molecule has 1 aromatic heterocycles. The SMILES string of the molecule is C[C@@H]1CCC[C@H](C)N1S(=O)(=O)c1ccc(C(=O)O)cn1. The number of piperidine rings is 1. The number of carboxylic acid groups (broad SMARTS) is 1. The average Bonchev–Trinajstić information content (AvgIpc) is 2.38. The van der Waals surface area contributed by atoms with Crippen LogP contribution in [0.25, 0.3) is 0 Å². The van der Waals surface area contributed by atoms with Crippen LogP contribution < -0.4 is 0 Å². The molecule has 0 amide bonds. The molecule has 1 saturated heterocycles. The van der Waals surface area contributed by atoms with E-state index >= 15 is 0 Å². The fraction of sp³-hybridized carbons (Fsp3) is 0.538. The quantitative estimate of drug-likeness (QED) is 0.918. The molecule has 0 unspecified atom stereocenters. The molecule has 2 atom stereocenters. The number of carboxylic acids is 1. The Hall–Kier alpha value is -1.47. The minimum absolute atomic E-state index is 0.0244. The second-order valence-electron chi connectivity index (χ2n) is 5.15. The molecule has 0 radical (unpaired) electrons. The molecule has 2 heterocycles. The first-order valence-corrected chi connectivity index (χ1v) is 8.01. The lowest BCUT2D eigenvalue weighted by Crippen LogP contribution is -2.47. The molecule has 0 saturated carbocycles. The molecule has 1 aliphatic heterocycles. The number of nitrogens with zero attached hydrogens (tertiary/aromatic N) is 2. The van der Waals surface area contributed by atoms with Gasteiger partial charge in [-0.2, -0.15) is 4.31 Å². The topological polar surface area (TPSA) is 87.6 Å². The number of pyridine rings is 1. The summed E-state index contributed by atoms with van der Waals surface area (Å²) in [5, 5.41) is 8.72. The highest BCUT2D eigenvalue weighted by atomic mass is 32.2. The van der Waals surface area contributed by atoms with Crippen molar-refractivity contribution in [1.29, 1.82) is 0 Å². The van der Waals surface area contributed by atoms with Gasteiger partial charge in [0, 0.05) is 18.3 Å². The monoisotopic (exact) mass is 298 g/mol. The number of carbonyl (C=O) groups is 1. The van der Waals surface area contributed by atoms with E-state index in [-0.39, 0.29) is 22.7 Å². The van der Waals surface area contributed by atoms with Gasteiger partial charge in [0.15, 0.2) is 5.03 Å². The zero-order chi connectivity index (χ0) is 14.9. The van der Waals surface area contributed by atoms with Gasteiger partial charge in [-0.3, -0.25) is 0 Å². The molecule has 2 rings (SSSR count). The number of aromatic nitrogens is 1. The summed E-state index contributed by atoms with van der Waals surface area (Å²) in [6.45, 7) is 3.78. The first-order valence-electron chi connectivity index (χ1n) is 6.57. The summed E-state index contributed by atoms with van der Waals surface area (Å²) in [6, 6.07) is 2.39. The highest BCUT2D eigenvalue weighted by molar-refractivity contribution is 7.89. The van der Waals surface area contributed by atoms with Crippen molar-refractivity contribution in [3.8, 4) is 0 Å². The summed E-state index contributed by atoms with van der Waals surface area (Å²) in [7, 11) is -3.67. The van der Waals surface area contributed by atoms with E-state index in [1.54, 1.807) is 0 Å². The highest BCUT2D eigenvalue weighted by Crippen LogP contribution is 2.28. The summed E-state index contributed by atoms with van der Waals surface area (Å²) in [4.78, 5) is 14.6. The Bertz CT molecular complexity index is 587. The predicted octanol–water partition coefficient (Wildman–Crippen LogP) is 1.73. The Kier molecular flexibility index (Phi) is 4.10. The van der Waals surface area contributed by atoms with Crippen molar-refractivity contribution in [2.45, 2.75) is 50.2 Å². The largest absolute Gasteiger partial charge is 0.478 e. The van der Waals surface area contributed by atoms with Gasteiger partial charge < -0.3 is 5.11 Å². The van der Waals surface area contributed by atoms with Gasteiger partial charge in [-0.05, 0) is 38.8 Å². The van der Waals surface area contributed by atoms with Gasteiger partial charge in [-0.1, -0.05) is 6.42 Å². The summed E-state index contributed by atoms with van der Waals surface area (Å²) < 4.78 is 26.7. The molecule has 20 heavy (non-hydrogen) atoms. The first-order chi connectivity index (χ1) is 9.34. The van der Waals surface area contributed by atoms with Gasteiger partial charge in [0.25, 0.3) is 10.0 Å². The first kappa shape index (κ1) is 14.9. The molecule has 1 aliphatic rings. The van der Waals surface area contributed by atoms with Gasteiger partial charge in [0.05, 0.1) is 5.56 Å². The molecule has 1 aromatic rings. The molecule has 1 fully saturated rings. The molecular formula is C13H18N2O4S. The average molecular weight is 298 g/mol. The fourth-order valence-corrected chi connectivity index (χ4v) is 4.44. The minimum atomic E-state index is -3.67. The molecule has 1 N–H and O–H groups in total. The van der Waals surface area contributed by atoms with Crippen LogP contribution in [0.1, 0.15) is 43.5 Å². The lowest BCUT2D eigenvalue weighted by Gasteiger charge is -2.37. The van der Waals surface area contributed by atoms with Crippen molar-refractivity contribution in [3.05, 3.63) is 23.9 Å². The predicted molar refractivity (Wildman–Crippen MR) is 73.0 cm³/mol. The lowest BCUT2D eigenvalue weighted by molar-refractivity contribution is 0.0696. The Morgan fingerprint density at radius 1 is 1.30 bits per heavy atom. The van der Waals surface area contributed by atoms with Crippen LogP contribution >= 0.6 is 0 Å². The van der Waals surface area contributed by atoms with E-state index in [2.05, 4.69) is 4.98 Å². The second kappa shape index (κ2) is 5.49. The van der Waals surface area contributed by atoms with Crippen LogP contribution in [-0.2, 0) is 10.0 Å². The third-order valence-electron chi connectivity index (χ3n) is 3.64. The fourth-order valence-electron chi connectivity index (χ4n) is 2.64. The van der Waals surface area contributed by atoms with E-state index in [9.17, 15) is 13.2 Å². The molecule has 0 spiro atoms. The molecule has 7 heteroatoms. The summed E-state index contributed by atoms with van der Waals surface area (Å²) >= 11 is 0. The Labute approximate surface area is 118 Å². The minimum Gasteiger partial charge on any atom is -0.478 e. The van der Waals surface area contributed by atoms with Crippen molar-refractivity contribution in [3.63, 3.8) is 0 Å². The Balaban J connectivity index is 2.36. The number of aromatic carboxylic acids is 1. The number of hydrogen-bond donors (Lipinski definition) is 1. The molecule has 0 aromatic carbocycles. The zero-order valence-corrected chi connectivity index (χ0v) is 12.3. The van der Waals surface area contributed by atoms with Crippen molar-refractivity contribution < 1.29 is 18.3 Å². The van der Waals surface area contributed by atoms with Crippen LogP contribution in [0.15, 0.2) is 23.4 Å². The number of sulfonamides is 1. The van der Waals surface area contributed by atoms with Gasteiger partial charge in [0.2, 0.25) is 0 Å². The smallest absolute Gasteiger partial charge is 0.337 e. The van der Waals surface area contributed by atoms with Crippen molar-refractivity contribution >= 4 is 16.0 Å². The van der Waals surface area contributed by atoms with E-state index in [1.807, 2.05) is 13.8 Å². The van der Waals surface area contributed by atoms with Crippen LogP contribution in [0.2, 0.25) is 0 Å². The van der Waals surface area contributed by atoms with Crippen molar-refractivity contribution in [1.82, 2.24) is 9.29 Å². The van der Waals surface area contributed by atoms with E-state index in [1.165, 1.54) is 16.4 Å². The molecular weight excluding hydrogens is 280 g/mol. The Morgan fingerprint density at radius 3 is 2.35 bits per heavy atom. The second-order valence-corrected chi connectivity index (χ2v) is 6.94. The normalized spacial score (nSPS) is 24.5. The number of hydrogen-bond acceptors (Lipinski definition) is 4. The molecule has 0 aliphatic carbocycles. The maximum atomic E-state index is 12.6. The highest BCUT2D eigenvalue weighted by Gasteiger charge is 2.36. The zero-order valence-electron chi connectivity index (χ0n) is 11.5. The van der Waals surface area contributed by atoms with Gasteiger partial charge in [0.1, 0.15) is 0 Å². The summed E-state index contributed by atoms with van der Waals surface area (Å²) in [6.07, 6.45) is 3.75.